The summed E-state index contributed by atoms with van der Waals surface area (Å²) in [5.74, 6) is -0.189. The third-order valence-electron chi connectivity index (χ3n) is 6.19. The first-order valence-electron chi connectivity index (χ1n) is 10.7. The molecule has 5 rings (SSSR count). The number of halogens is 1. The number of fused-ring (bicyclic) bond motifs is 1. The molecule has 0 spiro atoms. The Balaban J connectivity index is 1.42. The van der Waals surface area contributed by atoms with Crippen LogP contribution in [0.1, 0.15) is 28.8 Å². The fourth-order valence-electron chi connectivity index (χ4n) is 4.37. The topological polar surface area (TPSA) is 68.5 Å². The molecule has 1 fully saturated rings. The van der Waals surface area contributed by atoms with Gasteiger partial charge in [-0.3, -0.25) is 4.79 Å². The molecule has 0 aliphatic carbocycles. The third-order valence-corrected chi connectivity index (χ3v) is 6.42. The van der Waals surface area contributed by atoms with Crippen molar-refractivity contribution in [2.24, 2.45) is 0 Å². The van der Waals surface area contributed by atoms with E-state index in [-0.39, 0.29) is 11.3 Å². The van der Waals surface area contributed by atoms with E-state index >= 15 is 0 Å². The Bertz CT molecular complexity index is 1250. The van der Waals surface area contributed by atoms with Crippen LogP contribution in [0.15, 0.2) is 73.1 Å². The van der Waals surface area contributed by atoms with Crippen molar-refractivity contribution in [3.63, 3.8) is 0 Å². The molecule has 0 bridgehead atoms. The summed E-state index contributed by atoms with van der Waals surface area (Å²) in [5, 5.41) is 8.28. The summed E-state index contributed by atoms with van der Waals surface area (Å²) in [6, 6.07) is 19.7. The molecular formula is C25H23ClN4O2. The summed E-state index contributed by atoms with van der Waals surface area (Å²) >= 11 is 6.26. The number of benzene rings is 2. The van der Waals surface area contributed by atoms with E-state index in [0.717, 1.165) is 29.7 Å². The van der Waals surface area contributed by atoms with E-state index in [1.54, 1.807) is 16.9 Å². The Morgan fingerprint density at radius 2 is 1.91 bits per heavy atom. The zero-order chi connectivity index (χ0) is 22.0. The maximum atomic E-state index is 13.2. The highest BCUT2D eigenvalue weighted by molar-refractivity contribution is 6.30. The van der Waals surface area contributed by atoms with Gasteiger partial charge in [-0.05, 0) is 36.6 Å². The van der Waals surface area contributed by atoms with E-state index in [0.29, 0.717) is 36.0 Å². The van der Waals surface area contributed by atoms with Crippen LogP contribution >= 0.6 is 11.6 Å². The number of carbonyl (C=O) groups is 1. The van der Waals surface area contributed by atoms with Crippen LogP contribution in [0.25, 0.3) is 16.9 Å². The maximum absolute atomic E-state index is 13.2. The molecular weight excluding hydrogens is 424 g/mol. The largest absolute Gasteiger partial charge is 0.381 e. The van der Waals surface area contributed by atoms with E-state index in [4.69, 9.17) is 16.3 Å². The van der Waals surface area contributed by atoms with Gasteiger partial charge in [-0.1, -0.05) is 54.1 Å². The van der Waals surface area contributed by atoms with Crippen molar-refractivity contribution in [1.82, 2.24) is 19.9 Å². The van der Waals surface area contributed by atoms with Gasteiger partial charge in [-0.2, -0.15) is 5.10 Å². The van der Waals surface area contributed by atoms with Gasteiger partial charge in [0, 0.05) is 42.0 Å². The first-order valence-corrected chi connectivity index (χ1v) is 11.0. The van der Waals surface area contributed by atoms with Crippen LogP contribution in [0.5, 0.6) is 0 Å². The second kappa shape index (κ2) is 8.73. The Labute approximate surface area is 191 Å². The minimum absolute atomic E-state index is 0.189. The van der Waals surface area contributed by atoms with Gasteiger partial charge < -0.3 is 10.1 Å². The monoisotopic (exact) mass is 446 g/mol. The van der Waals surface area contributed by atoms with E-state index in [2.05, 4.69) is 21.5 Å². The molecule has 0 radical (unpaired) electrons. The molecule has 1 amide bonds. The summed E-state index contributed by atoms with van der Waals surface area (Å²) in [5.41, 5.74) is 3.79. The molecule has 4 aromatic rings. The summed E-state index contributed by atoms with van der Waals surface area (Å²) in [6.07, 6.45) is 4.93. The molecule has 0 atom stereocenters. The van der Waals surface area contributed by atoms with Crippen LogP contribution in [-0.4, -0.2) is 40.3 Å². The normalized spacial score (nSPS) is 15.5. The lowest BCUT2D eigenvalue weighted by Crippen LogP contribution is -2.44. The van der Waals surface area contributed by atoms with Crippen LogP contribution in [-0.2, 0) is 10.2 Å². The van der Waals surface area contributed by atoms with Crippen molar-refractivity contribution in [1.29, 1.82) is 0 Å². The molecule has 2 aromatic carbocycles. The Kier molecular flexibility index (Phi) is 5.64. The van der Waals surface area contributed by atoms with Crippen molar-refractivity contribution < 1.29 is 9.53 Å². The van der Waals surface area contributed by atoms with Gasteiger partial charge in [0.15, 0.2) is 5.65 Å². The average molecular weight is 447 g/mol. The number of amides is 1. The van der Waals surface area contributed by atoms with Crippen molar-refractivity contribution in [2.45, 2.75) is 18.3 Å². The van der Waals surface area contributed by atoms with E-state index in [9.17, 15) is 4.79 Å². The third kappa shape index (κ3) is 3.87. The average Bonchev–Trinajstić information content (AvgIpc) is 3.28. The highest BCUT2D eigenvalue weighted by atomic mass is 35.5. The number of aromatic nitrogens is 3. The fourth-order valence-corrected chi connectivity index (χ4v) is 4.56. The van der Waals surface area contributed by atoms with Crippen LogP contribution in [0.2, 0.25) is 5.02 Å². The smallest absolute Gasteiger partial charge is 0.256 e. The van der Waals surface area contributed by atoms with Gasteiger partial charge in [0.05, 0.1) is 11.9 Å². The van der Waals surface area contributed by atoms with Crippen LogP contribution in [0, 0.1) is 0 Å². The number of nitrogens with one attached hydrogen (secondary N) is 1. The zero-order valence-electron chi connectivity index (χ0n) is 17.5. The molecule has 1 saturated heterocycles. The van der Waals surface area contributed by atoms with Crippen molar-refractivity contribution in [2.75, 3.05) is 19.8 Å². The molecule has 0 saturated carbocycles. The number of carbonyl (C=O) groups excluding carboxylic acids is 1. The van der Waals surface area contributed by atoms with Crippen LogP contribution in [0.3, 0.4) is 0 Å². The van der Waals surface area contributed by atoms with E-state index < -0.39 is 0 Å². The second-order valence-electron chi connectivity index (χ2n) is 8.08. The first kappa shape index (κ1) is 20.7. The van der Waals surface area contributed by atoms with Crippen molar-refractivity contribution >= 4 is 23.2 Å². The predicted octanol–water partition coefficient (Wildman–Crippen LogP) is 4.53. The van der Waals surface area contributed by atoms with Gasteiger partial charge in [0.1, 0.15) is 5.56 Å². The molecule has 32 heavy (non-hydrogen) atoms. The summed E-state index contributed by atoms with van der Waals surface area (Å²) in [6.45, 7) is 1.80. The fraction of sp³-hybridized carbons (Fsp3) is 0.240. The van der Waals surface area contributed by atoms with Crippen LogP contribution < -0.4 is 5.32 Å². The number of hydrogen-bond acceptors (Lipinski definition) is 4. The molecule has 1 aliphatic rings. The van der Waals surface area contributed by atoms with E-state index in [1.165, 1.54) is 0 Å². The standard InChI is InChI=1S/C25H23ClN4O2/c26-20-8-4-7-19(15-20)25(10-13-32-14-11-25)17-28-24(31)21-16-29-30-22(9-12-27-23(21)30)18-5-2-1-3-6-18/h1-9,12,15-16H,10-11,13-14,17H2,(H,28,31). The minimum Gasteiger partial charge on any atom is -0.381 e. The first-order chi connectivity index (χ1) is 15.7. The van der Waals surface area contributed by atoms with Gasteiger partial charge >= 0.3 is 0 Å². The quantitative estimate of drug-likeness (QED) is 0.489. The highest BCUT2D eigenvalue weighted by Gasteiger charge is 2.35. The Morgan fingerprint density at radius 3 is 2.69 bits per heavy atom. The minimum atomic E-state index is -0.218. The number of ether oxygens (including phenoxy) is 1. The van der Waals surface area contributed by atoms with Gasteiger partial charge in [0.2, 0.25) is 0 Å². The molecule has 6 nitrogen and oxygen atoms in total. The zero-order valence-corrected chi connectivity index (χ0v) is 18.3. The molecule has 162 valence electrons. The Hall–Kier alpha value is -3.22. The predicted molar refractivity (Wildman–Crippen MR) is 124 cm³/mol. The molecule has 1 N–H and O–H groups in total. The van der Waals surface area contributed by atoms with Crippen LogP contribution in [0.4, 0.5) is 0 Å². The highest BCUT2D eigenvalue weighted by Crippen LogP contribution is 2.35. The summed E-state index contributed by atoms with van der Waals surface area (Å²) < 4.78 is 7.31. The lowest BCUT2D eigenvalue weighted by molar-refractivity contribution is 0.0487. The van der Waals surface area contributed by atoms with E-state index in [1.807, 2.05) is 54.6 Å². The second-order valence-corrected chi connectivity index (χ2v) is 8.51. The maximum Gasteiger partial charge on any atom is 0.256 e. The SMILES string of the molecule is O=C(NCC1(c2cccc(Cl)c2)CCOCC1)c1cnn2c(-c3ccccc3)ccnc12. The Morgan fingerprint density at radius 1 is 1.09 bits per heavy atom. The summed E-state index contributed by atoms with van der Waals surface area (Å²) in [7, 11) is 0. The summed E-state index contributed by atoms with van der Waals surface area (Å²) in [4.78, 5) is 17.6. The lowest BCUT2D eigenvalue weighted by Gasteiger charge is -2.38. The van der Waals surface area contributed by atoms with Gasteiger partial charge in [-0.15, -0.1) is 0 Å². The van der Waals surface area contributed by atoms with Gasteiger partial charge in [0.25, 0.3) is 5.91 Å². The molecule has 3 heterocycles. The lowest BCUT2D eigenvalue weighted by atomic mass is 9.74. The molecule has 0 unspecified atom stereocenters. The molecule has 2 aromatic heterocycles. The number of rotatable bonds is 5. The molecule has 1 aliphatic heterocycles. The van der Waals surface area contributed by atoms with Crippen molar-refractivity contribution in [3.05, 3.63) is 89.2 Å². The molecule has 7 heteroatoms. The number of hydrogen-bond donors (Lipinski definition) is 1. The number of nitrogens with zero attached hydrogens (tertiary/aromatic N) is 3. The van der Waals surface area contributed by atoms with Gasteiger partial charge in [-0.25, -0.2) is 9.50 Å². The van der Waals surface area contributed by atoms with Crippen molar-refractivity contribution in [3.8, 4) is 11.3 Å².